The number of nitrogens with one attached hydrogen (secondary N) is 1. The number of hydrogen-bond donors (Lipinski definition) is 1. The van der Waals surface area contributed by atoms with Gasteiger partial charge in [-0.15, -0.1) is 0 Å². The van der Waals surface area contributed by atoms with Crippen molar-refractivity contribution in [3.8, 4) is 0 Å². The van der Waals surface area contributed by atoms with Gasteiger partial charge in [-0.05, 0) is 43.4 Å². The van der Waals surface area contributed by atoms with Crippen LogP contribution in [-0.2, 0) is 20.6 Å². The molecule has 0 radical (unpaired) electrons. The Balaban J connectivity index is 1.77. The predicted octanol–water partition coefficient (Wildman–Crippen LogP) is 3.52. The van der Waals surface area contributed by atoms with Gasteiger partial charge in [0.25, 0.3) is 0 Å². The molecule has 3 amide bonds. The summed E-state index contributed by atoms with van der Waals surface area (Å²) in [5, 5.41) is 2.88. The summed E-state index contributed by atoms with van der Waals surface area (Å²) in [6, 6.07) is 4.12. The Morgan fingerprint density at radius 3 is 2.66 bits per heavy atom. The third kappa shape index (κ3) is 6.01. The second-order valence-corrected chi connectivity index (χ2v) is 8.56. The molecule has 2 aliphatic heterocycles. The highest BCUT2D eigenvalue weighted by atomic mass is 19.4. The van der Waals surface area contributed by atoms with E-state index in [0.29, 0.717) is 57.3 Å². The topological polar surface area (TPSA) is 69.7 Å². The first-order valence-electron chi connectivity index (χ1n) is 11.2. The van der Waals surface area contributed by atoms with Crippen LogP contribution in [-0.4, -0.2) is 53.7 Å². The van der Waals surface area contributed by atoms with Crippen LogP contribution in [0.15, 0.2) is 24.3 Å². The molecule has 0 aliphatic carbocycles. The minimum atomic E-state index is -4.50. The number of alkyl halides is 3. The summed E-state index contributed by atoms with van der Waals surface area (Å²) in [5.41, 5.74) is -0.487. The molecule has 6 nitrogen and oxygen atoms in total. The van der Waals surface area contributed by atoms with Crippen LogP contribution >= 0.6 is 0 Å². The van der Waals surface area contributed by atoms with Crippen molar-refractivity contribution in [1.29, 1.82) is 0 Å². The van der Waals surface area contributed by atoms with Gasteiger partial charge >= 0.3 is 6.18 Å². The molecule has 2 fully saturated rings. The number of hydrogen-bond acceptors (Lipinski definition) is 3. The van der Waals surface area contributed by atoms with Crippen LogP contribution in [0.5, 0.6) is 0 Å². The fraction of sp³-hybridized carbons (Fsp3) is 0.609. The third-order valence-corrected chi connectivity index (χ3v) is 6.12. The van der Waals surface area contributed by atoms with Gasteiger partial charge in [-0.1, -0.05) is 19.1 Å². The molecule has 1 aromatic carbocycles. The fourth-order valence-corrected chi connectivity index (χ4v) is 4.36. The number of rotatable bonds is 7. The Bertz CT molecular complexity index is 843. The van der Waals surface area contributed by atoms with Gasteiger partial charge in [0.05, 0.1) is 17.5 Å². The van der Waals surface area contributed by atoms with Crippen LogP contribution in [0.4, 0.5) is 13.2 Å². The number of carbonyl (C=O) groups excluding carboxylic acids is 3. The van der Waals surface area contributed by atoms with Gasteiger partial charge < -0.3 is 15.1 Å². The highest BCUT2D eigenvalue weighted by Gasteiger charge is 2.34. The molecular formula is C23H30F3N3O3. The molecule has 1 aromatic rings. The average Bonchev–Trinajstić information content (AvgIpc) is 3.17. The Labute approximate surface area is 186 Å². The maximum absolute atomic E-state index is 13.2. The van der Waals surface area contributed by atoms with Crippen molar-refractivity contribution in [2.45, 2.75) is 57.7 Å². The van der Waals surface area contributed by atoms with Crippen LogP contribution in [0.3, 0.4) is 0 Å². The first-order chi connectivity index (χ1) is 15.2. The van der Waals surface area contributed by atoms with E-state index in [0.717, 1.165) is 18.6 Å². The Kier molecular flexibility index (Phi) is 7.79. The van der Waals surface area contributed by atoms with Crippen molar-refractivity contribution in [1.82, 2.24) is 15.1 Å². The summed E-state index contributed by atoms with van der Waals surface area (Å²) in [7, 11) is 0. The summed E-state index contributed by atoms with van der Waals surface area (Å²) < 4.78 is 39.7. The lowest BCUT2D eigenvalue weighted by molar-refractivity contribution is -0.138. The van der Waals surface area contributed by atoms with Gasteiger partial charge in [-0.3, -0.25) is 14.4 Å². The van der Waals surface area contributed by atoms with Gasteiger partial charge in [-0.2, -0.15) is 13.2 Å². The molecule has 2 saturated heterocycles. The van der Waals surface area contributed by atoms with Gasteiger partial charge in [0.1, 0.15) is 0 Å². The summed E-state index contributed by atoms with van der Waals surface area (Å²) in [6.45, 7) is 3.49. The average molecular weight is 454 g/mol. The molecule has 1 N–H and O–H groups in total. The SMILES string of the molecule is CCCC(=O)N1CCCC(C(=O)NC(CN2CCCC2=O)c2cccc(C(F)(F)F)c2)C1. The Morgan fingerprint density at radius 1 is 1.22 bits per heavy atom. The highest BCUT2D eigenvalue weighted by molar-refractivity contribution is 5.82. The highest BCUT2D eigenvalue weighted by Crippen LogP contribution is 2.31. The molecule has 3 rings (SSSR count). The van der Waals surface area contributed by atoms with E-state index in [1.165, 1.54) is 6.07 Å². The van der Waals surface area contributed by atoms with Gasteiger partial charge in [0.2, 0.25) is 17.7 Å². The van der Waals surface area contributed by atoms with E-state index in [2.05, 4.69) is 5.32 Å². The quantitative estimate of drug-likeness (QED) is 0.687. The molecule has 2 heterocycles. The fourth-order valence-electron chi connectivity index (χ4n) is 4.36. The van der Waals surface area contributed by atoms with E-state index in [9.17, 15) is 27.6 Å². The monoisotopic (exact) mass is 453 g/mol. The molecule has 0 aromatic heterocycles. The number of carbonyl (C=O) groups is 3. The minimum Gasteiger partial charge on any atom is -0.347 e. The van der Waals surface area contributed by atoms with Crippen LogP contribution in [0.25, 0.3) is 0 Å². The van der Waals surface area contributed by atoms with Crippen LogP contribution in [0.2, 0.25) is 0 Å². The minimum absolute atomic E-state index is 0.0158. The van der Waals surface area contributed by atoms with Gasteiger partial charge in [0, 0.05) is 39.0 Å². The first kappa shape index (κ1) is 24.1. The second kappa shape index (κ2) is 10.4. The van der Waals surface area contributed by atoms with E-state index in [4.69, 9.17) is 0 Å². The van der Waals surface area contributed by atoms with Crippen LogP contribution in [0, 0.1) is 5.92 Å². The van der Waals surface area contributed by atoms with E-state index in [1.807, 2.05) is 6.92 Å². The summed E-state index contributed by atoms with van der Waals surface area (Å²) in [5.74, 6) is -0.771. The summed E-state index contributed by atoms with van der Waals surface area (Å²) in [4.78, 5) is 40.7. The van der Waals surface area contributed by atoms with Crippen molar-refractivity contribution < 1.29 is 27.6 Å². The molecule has 2 atom stereocenters. The first-order valence-corrected chi connectivity index (χ1v) is 11.2. The van der Waals surface area contributed by atoms with Crippen molar-refractivity contribution in [3.63, 3.8) is 0 Å². The van der Waals surface area contributed by atoms with Crippen molar-refractivity contribution in [2.75, 3.05) is 26.2 Å². The number of halogens is 3. The van der Waals surface area contributed by atoms with E-state index in [-0.39, 0.29) is 24.3 Å². The summed E-state index contributed by atoms with van der Waals surface area (Å²) in [6.07, 6.45) is -0.935. The number of likely N-dealkylation sites (tertiary alicyclic amines) is 2. The molecule has 0 saturated carbocycles. The zero-order valence-corrected chi connectivity index (χ0v) is 18.3. The lowest BCUT2D eigenvalue weighted by atomic mass is 9.95. The maximum atomic E-state index is 13.2. The molecular weight excluding hydrogens is 423 g/mol. The lowest BCUT2D eigenvalue weighted by Crippen LogP contribution is -2.47. The molecule has 0 spiro atoms. The molecule has 9 heteroatoms. The lowest BCUT2D eigenvalue weighted by Gasteiger charge is -2.33. The molecule has 0 bridgehead atoms. The van der Waals surface area contributed by atoms with Crippen LogP contribution < -0.4 is 5.32 Å². The summed E-state index contributed by atoms with van der Waals surface area (Å²) >= 11 is 0. The molecule has 176 valence electrons. The van der Waals surface area contributed by atoms with Crippen LogP contribution in [0.1, 0.15) is 62.6 Å². The zero-order chi connectivity index (χ0) is 23.3. The largest absolute Gasteiger partial charge is 0.416 e. The Morgan fingerprint density at radius 2 is 2.00 bits per heavy atom. The standard InChI is InChI=1S/C23H30F3N3O3/c1-2-6-20(30)28-11-4-8-17(14-28)22(32)27-19(15-29-12-5-10-21(29)31)16-7-3-9-18(13-16)23(24,25)26/h3,7,9,13,17,19H,2,4-6,8,10-12,14-15H2,1H3,(H,27,32). The number of benzene rings is 1. The van der Waals surface area contributed by atoms with Gasteiger partial charge in [-0.25, -0.2) is 0 Å². The number of nitrogens with zero attached hydrogens (tertiary/aromatic N) is 2. The smallest absolute Gasteiger partial charge is 0.347 e. The number of amides is 3. The number of piperidine rings is 1. The molecule has 2 unspecified atom stereocenters. The van der Waals surface area contributed by atoms with E-state index < -0.39 is 23.7 Å². The molecule has 2 aliphatic rings. The van der Waals surface area contributed by atoms with Crippen molar-refractivity contribution >= 4 is 17.7 Å². The second-order valence-electron chi connectivity index (χ2n) is 8.56. The molecule has 32 heavy (non-hydrogen) atoms. The van der Waals surface area contributed by atoms with Crippen molar-refractivity contribution in [2.24, 2.45) is 5.92 Å². The zero-order valence-electron chi connectivity index (χ0n) is 18.3. The van der Waals surface area contributed by atoms with Gasteiger partial charge in [0.15, 0.2) is 0 Å². The predicted molar refractivity (Wildman–Crippen MR) is 112 cm³/mol. The third-order valence-electron chi connectivity index (χ3n) is 6.12. The Hall–Kier alpha value is -2.58. The van der Waals surface area contributed by atoms with E-state index >= 15 is 0 Å². The maximum Gasteiger partial charge on any atom is 0.416 e. The van der Waals surface area contributed by atoms with E-state index in [1.54, 1.807) is 15.9 Å². The van der Waals surface area contributed by atoms with Crippen molar-refractivity contribution in [3.05, 3.63) is 35.4 Å². The normalized spacial score (nSPS) is 20.4.